The number of halogens is 1. The number of benzene rings is 2. The molecular formula is C16H14ClN3OS. The highest BCUT2D eigenvalue weighted by Gasteiger charge is 2.07. The van der Waals surface area contributed by atoms with Gasteiger partial charge in [-0.2, -0.15) is 0 Å². The molecule has 112 valence electrons. The SMILES string of the molecule is Cc1ccc(NCn2nc(-c3ccccc3)oc2=S)cc1Cl. The molecule has 0 atom stereocenters. The number of hydrogen-bond donors (Lipinski definition) is 1. The molecule has 2 aromatic carbocycles. The quantitative estimate of drug-likeness (QED) is 0.690. The predicted molar refractivity (Wildman–Crippen MR) is 90.6 cm³/mol. The van der Waals surface area contributed by atoms with Crippen molar-refractivity contribution in [3.05, 3.63) is 64.0 Å². The fourth-order valence-corrected chi connectivity index (χ4v) is 2.34. The van der Waals surface area contributed by atoms with Gasteiger partial charge in [-0.25, -0.2) is 4.68 Å². The van der Waals surface area contributed by atoms with Crippen LogP contribution in [-0.4, -0.2) is 9.78 Å². The smallest absolute Gasteiger partial charge is 0.289 e. The second-order valence-electron chi connectivity index (χ2n) is 4.84. The van der Waals surface area contributed by atoms with Gasteiger partial charge in [0.15, 0.2) is 0 Å². The van der Waals surface area contributed by atoms with Crippen LogP contribution in [0.5, 0.6) is 0 Å². The summed E-state index contributed by atoms with van der Waals surface area (Å²) in [5.74, 6) is 0.509. The van der Waals surface area contributed by atoms with E-state index in [-0.39, 0.29) is 0 Å². The number of hydrogen-bond acceptors (Lipinski definition) is 4. The molecule has 22 heavy (non-hydrogen) atoms. The maximum absolute atomic E-state index is 6.11. The molecule has 0 spiro atoms. The van der Waals surface area contributed by atoms with Gasteiger partial charge in [0.2, 0.25) is 5.89 Å². The predicted octanol–water partition coefficient (Wildman–Crippen LogP) is 4.90. The van der Waals surface area contributed by atoms with Crippen molar-refractivity contribution in [2.24, 2.45) is 0 Å². The van der Waals surface area contributed by atoms with Crippen LogP contribution >= 0.6 is 23.8 Å². The van der Waals surface area contributed by atoms with Crippen molar-refractivity contribution < 1.29 is 4.42 Å². The highest BCUT2D eigenvalue weighted by Crippen LogP contribution is 2.20. The fraction of sp³-hybridized carbons (Fsp3) is 0.125. The molecule has 0 unspecified atom stereocenters. The van der Waals surface area contributed by atoms with E-state index in [1.807, 2.05) is 55.5 Å². The highest BCUT2D eigenvalue weighted by atomic mass is 35.5. The summed E-state index contributed by atoms with van der Waals surface area (Å²) in [6.45, 7) is 2.38. The van der Waals surface area contributed by atoms with Crippen molar-refractivity contribution in [1.29, 1.82) is 0 Å². The van der Waals surface area contributed by atoms with E-state index >= 15 is 0 Å². The zero-order chi connectivity index (χ0) is 15.5. The van der Waals surface area contributed by atoms with Crippen LogP contribution in [0.4, 0.5) is 5.69 Å². The molecule has 1 N–H and O–H groups in total. The molecule has 6 heteroatoms. The molecule has 0 saturated carbocycles. The van der Waals surface area contributed by atoms with E-state index in [9.17, 15) is 0 Å². The minimum atomic E-state index is 0.324. The maximum atomic E-state index is 6.11. The van der Waals surface area contributed by atoms with E-state index in [0.717, 1.165) is 21.8 Å². The summed E-state index contributed by atoms with van der Waals surface area (Å²) in [7, 11) is 0. The Balaban J connectivity index is 1.77. The second-order valence-corrected chi connectivity index (χ2v) is 5.59. The van der Waals surface area contributed by atoms with E-state index in [1.165, 1.54) is 0 Å². The zero-order valence-corrected chi connectivity index (χ0v) is 13.5. The Kier molecular flexibility index (Phi) is 4.27. The molecule has 3 rings (SSSR count). The molecule has 0 radical (unpaired) electrons. The summed E-state index contributed by atoms with van der Waals surface area (Å²) in [6, 6.07) is 15.5. The third kappa shape index (κ3) is 3.21. The Morgan fingerprint density at radius 3 is 2.73 bits per heavy atom. The van der Waals surface area contributed by atoms with Crippen molar-refractivity contribution in [3.63, 3.8) is 0 Å². The topological polar surface area (TPSA) is 43.0 Å². The molecule has 0 aliphatic heterocycles. The molecule has 0 amide bonds. The number of nitrogens with one attached hydrogen (secondary N) is 1. The third-order valence-electron chi connectivity index (χ3n) is 3.23. The van der Waals surface area contributed by atoms with Crippen LogP contribution in [0, 0.1) is 11.8 Å². The Bertz CT molecular complexity index is 842. The van der Waals surface area contributed by atoms with Crippen molar-refractivity contribution in [1.82, 2.24) is 9.78 Å². The number of rotatable bonds is 4. The summed E-state index contributed by atoms with van der Waals surface area (Å²) < 4.78 is 7.14. The summed E-state index contributed by atoms with van der Waals surface area (Å²) >= 11 is 11.3. The van der Waals surface area contributed by atoms with Crippen LogP contribution in [0.15, 0.2) is 52.9 Å². The van der Waals surface area contributed by atoms with Gasteiger partial charge in [-0.05, 0) is 49.0 Å². The van der Waals surface area contributed by atoms with Crippen molar-refractivity contribution in [3.8, 4) is 11.5 Å². The van der Waals surface area contributed by atoms with Crippen LogP contribution in [0.3, 0.4) is 0 Å². The summed E-state index contributed by atoms with van der Waals surface area (Å²) in [6.07, 6.45) is 0. The van der Waals surface area contributed by atoms with Crippen molar-refractivity contribution in [2.75, 3.05) is 5.32 Å². The van der Waals surface area contributed by atoms with Gasteiger partial charge in [-0.3, -0.25) is 0 Å². The Morgan fingerprint density at radius 2 is 2.00 bits per heavy atom. The first-order chi connectivity index (χ1) is 10.6. The van der Waals surface area contributed by atoms with Gasteiger partial charge in [-0.15, -0.1) is 5.10 Å². The molecular weight excluding hydrogens is 318 g/mol. The number of aromatic nitrogens is 2. The van der Waals surface area contributed by atoms with Gasteiger partial charge in [0, 0.05) is 16.3 Å². The van der Waals surface area contributed by atoms with Crippen molar-refractivity contribution >= 4 is 29.5 Å². The first kappa shape index (κ1) is 14.8. The standard InChI is InChI=1S/C16H14ClN3OS/c1-11-7-8-13(9-14(11)17)18-10-20-16(22)21-15(19-20)12-5-3-2-4-6-12/h2-9,18H,10H2,1H3. The fourth-order valence-electron chi connectivity index (χ4n) is 1.97. The lowest BCUT2D eigenvalue weighted by Crippen LogP contribution is -2.09. The Morgan fingerprint density at radius 1 is 1.23 bits per heavy atom. The first-order valence-corrected chi connectivity index (χ1v) is 7.55. The molecule has 0 aliphatic carbocycles. The Labute approximate surface area is 138 Å². The lowest BCUT2D eigenvalue weighted by molar-refractivity contribution is 0.522. The van der Waals surface area contributed by atoms with Gasteiger partial charge in [0.05, 0.1) is 0 Å². The average molecular weight is 332 g/mol. The van der Waals surface area contributed by atoms with Gasteiger partial charge >= 0.3 is 0 Å². The first-order valence-electron chi connectivity index (χ1n) is 6.77. The molecule has 3 aromatic rings. The summed E-state index contributed by atoms with van der Waals surface area (Å²) in [4.78, 5) is 0.324. The lowest BCUT2D eigenvalue weighted by Gasteiger charge is -2.07. The van der Waals surface area contributed by atoms with E-state index in [4.69, 9.17) is 28.2 Å². The molecule has 0 saturated heterocycles. The van der Waals surface area contributed by atoms with E-state index in [1.54, 1.807) is 4.68 Å². The second kappa shape index (κ2) is 6.34. The van der Waals surface area contributed by atoms with Crippen LogP contribution in [-0.2, 0) is 6.67 Å². The maximum Gasteiger partial charge on any atom is 0.289 e. The van der Waals surface area contributed by atoms with E-state index < -0.39 is 0 Å². The van der Waals surface area contributed by atoms with Gasteiger partial charge in [0.1, 0.15) is 6.67 Å². The lowest BCUT2D eigenvalue weighted by atomic mass is 10.2. The van der Waals surface area contributed by atoms with E-state index in [0.29, 0.717) is 17.4 Å². The van der Waals surface area contributed by atoms with Gasteiger partial charge in [-0.1, -0.05) is 35.9 Å². The monoisotopic (exact) mass is 331 g/mol. The van der Waals surface area contributed by atoms with Crippen LogP contribution in [0.1, 0.15) is 5.56 Å². The van der Waals surface area contributed by atoms with Gasteiger partial charge in [0.25, 0.3) is 4.84 Å². The number of anilines is 1. The van der Waals surface area contributed by atoms with E-state index in [2.05, 4.69) is 10.4 Å². The summed E-state index contributed by atoms with van der Waals surface area (Å²) in [5.41, 5.74) is 2.84. The number of nitrogens with zero attached hydrogens (tertiary/aromatic N) is 2. The molecule has 1 heterocycles. The Hall–Kier alpha value is -2.11. The number of aryl methyl sites for hydroxylation is 1. The molecule has 0 aliphatic rings. The van der Waals surface area contributed by atoms with Crippen LogP contribution in [0.2, 0.25) is 5.02 Å². The highest BCUT2D eigenvalue weighted by molar-refractivity contribution is 7.71. The molecule has 1 aromatic heterocycles. The average Bonchev–Trinajstić information content (AvgIpc) is 2.90. The largest absolute Gasteiger partial charge is 0.409 e. The minimum Gasteiger partial charge on any atom is -0.409 e. The normalized spacial score (nSPS) is 10.6. The van der Waals surface area contributed by atoms with Crippen LogP contribution in [0.25, 0.3) is 11.5 Å². The molecule has 0 fully saturated rings. The zero-order valence-electron chi connectivity index (χ0n) is 11.9. The van der Waals surface area contributed by atoms with Crippen LogP contribution < -0.4 is 5.32 Å². The molecule has 0 bridgehead atoms. The molecule has 4 nitrogen and oxygen atoms in total. The third-order valence-corrected chi connectivity index (χ3v) is 3.93. The van der Waals surface area contributed by atoms with Gasteiger partial charge < -0.3 is 9.73 Å². The van der Waals surface area contributed by atoms with Crippen molar-refractivity contribution in [2.45, 2.75) is 13.6 Å². The minimum absolute atomic E-state index is 0.324. The summed E-state index contributed by atoms with van der Waals surface area (Å²) in [5, 5.41) is 8.33.